The monoisotopic (exact) mass is 844 g/mol. The summed E-state index contributed by atoms with van der Waals surface area (Å²) in [5.41, 5.74) is 0. The molecule has 0 aromatic carbocycles. The molecule has 0 aromatic rings. The first-order valence-electron chi connectivity index (χ1n) is 23.9. The van der Waals surface area contributed by atoms with E-state index in [0.717, 1.165) is 83.5 Å². The fourth-order valence-corrected chi connectivity index (χ4v) is 6.33. The highest BCUT2D eigenvalue weighted by molar-refractivity contribution is 5.70. The molecule has 9 heteroatoms. The number of allylic oxidation sites excluding steroid dienone is 10. The van der Waals surface area contributed by atoms with Gasteiger partial charge in [-0.15, -0.1) is 0 Å². The third-order valence-electron chi connectivity index (χ3n) is 10.0. The minimum atomic E-state index is -1.63. The Labute approximate surface area is 367 Å². The van der Waals surface area contributed by atoms with Crippen LogP contribution in [-0.2, 0) is 33.3 Å². The van der Waals surface area contributed by atoms with Gasteiger partial charge in [-0.05, 0) is 57.8 Å². The van der Waals surface area contributed by atoms with Crippen molar-refractivity contribution < 1.29 is 42.9 Å². The van der Waals surface area contributed by atoms with Gasteiger partial charge in [0.05, 0.1) is 40.3 Å². The van der Waals surface area contributed by atoms with E-state index in [0.29, 0.717) is 17.4 Å². The van der Waals surface area contributed by atoms with Gasteiger partial charge >= 0.3 is 11.9 Å². The van der Waals surface area contributed by atoms with Gasteiger partial charge in [0, 0.05) is 12.8 Å². The molecule has 0 saturated carbocycles. The number of likely N-dealkylation sites (N-methyl/N-ethyl adjacent to an activating group) is 1. The Morgan fingerprint density at radius 3 is 1.42 bits per heavy atom. The van der Waals surface area contributed by atoms with Crippen LogP contribution in [0, 0.1) is 0 Å². The molecule has 0 heterocycles. The molecule has 0 aliphatic heterocycles. The van der Waals surface area contributed by atoms with E-state index in [1.54, 1.807) is 0 Å². The SMILES string of the molecule is CC/C=C\C/C=C\C/C=C\C/C=C\C/C=C\CCCCCCCC(=O)OC(COC(=O)CCCCCCCCCCCCCCCC)COC(OCC[N+](C)(C)C)C(=O)[O-]. The summed E-state index contributed by atoms with van der Waals surface area (Å²) in [7, 11) is 5.90. The van der Waals surface area contributed by atoms with Crippen LogP contribution in [0.5, 0.6) is 0 Å². The minimum absolute atomic E-state index is 0.142. The van der Waals surface area contributed by atoms with Crippen LogP contribution in [0.3, 0.4) is 0 Å². The van der Waals surface area contributed by atoms with Crippen LogP contribution >= 0.6 is 0 Å². The summed E-state index contributed by atoms with van der Waals surface area (Å²) in [6, 6.07) is 0. The van der Waals surface area contributed by atoms with Crippen LogP contribution in [0.25, 0.3) is 0 Å². The molecule has 0 spiro atoms. The van der Waals surface area contributed by atoms with Crippen LogP contribution in [0.2, 0.25) is 0 Å². The van der Waals surface area contributed by atoms with Gasteiger partial charge in [-0.3, -0.25) is 9.59 Å². The predicted molar refractivity (Wildman–Crippen MR) is 246 cm³/mol. The second kappa shape index (κ2) is 42.7. The Morgan fingerprint density at radius 1 is 0.517 bits per heavy atom. The summed E-state index contributed by atoms with van der Waals surface area (Å²) < 4.78 is 22.6. The Bertz CT molecular complexity index is 1170. The summed E-state index contributed by atoms with van der Waals surface area (Å²) >= 11 is 0. The predicted octanol–water partition coefficient (Wildman–Crippen LogP) is 11.6. The first-order valence-corrected chi connectivity index (χ1v) is 23.9. The molecule has 2 atom stereocenters. The quantitative estimate of drug-likeness (QED) is 0.0196. The van der Waals surface area contributed by atoms with Crippen molar-refractivity contribution in [1.82, 2.24) is 0 Å². The van der Waals surface area contributed by atoms with E-state index >= 15 is 0 Å². The number of hydrogen-bond donors (Lipinski definition) is 0. The Hall–Kier alpha value is -3.01. The zero-order chi connectivity index (χ0) is 44.2. The molecular weight excluding hydrogens is 755 g/mol. The maximum Gasteiger partial charge on any atom is 0.306 e. The van der Waals surface area contributed by atoms with Crippen LogP contribution < -0.4 is 5.11 Å². The number of quaternary nitrogens is 1. The number of carbonyl (C=O) groups is 3. The van der Waals surface area contributed by atoms with Crippen molar-refractivity contribution in [1.29, 1.82) is 0 Å². The van der Waals surface area contributed by atoms with Crippen LogP contribution in [0.1, 0.15) is 187 Å². The summed E-state index contributed by atoms with van der Waals surface area (Å²) in [5, 5.41) is 11.7. The highest BCUT2D eigenvalue weighted by Crippen LogP contribution is 2.14. The standard InChI is InChI=1S/C51H89NO8/c1-6-8-10-12-14-16-18-20-22-23-24-25-26-27-28-30-32-34-36-38-40-42-49(54)60-47(46-59-51(50(55)56)57-44-43-52(3,4)5)45-58-48(53)41-39-37-35-33-31-29-21-19-17-15-13-11-9-7-2/h8,10,14,16,20,22,24-25,27-28,47,51H,6-7,9,11-13,15,17-19,21,23,26,29-46H2,1-5H3/b10-8-,16-14-,22-20-,25-24-,28-27-. The second-order valence-electron chi connectivity index (χ2n) is 17.0. The van der Waals surface area contributed by atoms with Gasteiger partial charge in [0.25, 0.3) is 0 Å². The van der Waals surface area contributed by atoms with E-state index in [1.807, 2.05) is 21.1 Å². The maximum atomic E-state index is 12.8. The Kier molecular flexibility index (Phi) is 40.5. The number of nitrogens with zero attached hydrogens (tertiary/aromatic N) is 1. The van der Waals surface area contributed by atoms with Crippen LogP contribution in [0.4, 0.5) is 0 Å². The molecule has 0 aromatic heterocycles. The minimum Gasteiger partial charge on any atom is -0.545 e. The van der Waals surface area contributed by atoms with Crippen LogP contribution in [0.15, 0.2) is 60.8 Å². The lowest BCUT2D eigenvalue weighted by atomic mass is 10.0. The lowest BCUT2D eigenvalue weighted by Gasteiger charge is -2.26. The van der Waals surface area contributed by atoms with Crippen LogP contribution in [-0.4, -0.2) is 82.3 Å². The maximum absolute atomic E-state index is 12.8. The molecule has 60 heavy (non-hydrogen) atoms. The first-order chi connectivity index (χ1) is 29.1. The normalized spacial score (nSPS) is 13.4. The van der Waals surface area contributed by atoms with Crippen molar-refractivity contribution in [2.24, 2.45) is 0 Å². The van der Waals surface area contributed by atoms with Gasteiger partial charge in [-0.1, -0.05) is 177 Å². The molecule has 0 N–H and O–H groups in total. The van der Waals surface area contributed by atoms with Crippen molar-refractivity contribution >= 4 is 17.9 Å². The molecule has 0 fully saturated rings. The fourth-order valence-electron chi connectivity index (χ4n) is 6.33. The average Bonchev–Trinajstić information content (AvgIpc) is 3.21. The number of unbranched alkanes of at least 4 members (excludes halogenated alkanes) is 18. The number of carbonyl (C=O) groups excluding carboxylic acids is 3. The Morgan fingerprint density at radius 2 is 0.950 bits per heavy atom. The van der Waals surface area contributed by atoms with E-state index < -0.39 is 24.3 Å². The number of rotatable bonds is 43. The molecule has 0 rings (SSSR count). The molecule has 346 valence electrons. The lowest BCUT2D eigenvalue weighted by Crippen LogP contribution is -2.44. The van der Waals surface area contributed by atoms with E-state index in [1.165, 1.54) is 70.6 Å². The molecule has 0 radical (unpaired) electrons. The zero-order valence-electron chi connectivity index (χ0n) is 39.1. The van der Waals surface area contributed by atoms with E-state index in [4.69, 9.17) is 18.9 Å². The third kappa shape index (κ3) is 43.1. The van der Waals surface area contributed by atoms with Gasteiger partial charge in [-0.2, -0.15) is 0 Å². The number of carboxylic acid groups (broad SMARTS) is 1. The lowest BCUT2D eigenvalue weighted by molar-refractivity contribution is -0.870. The molecule has 9 nitrogen and oxygen atoms in total. The van der Waals surface area contributed by atoms with Gasteiger partial charge in [0.15, 0.2) is 12.4 Å². The highest BCUT2D eigenvalue weighted by atomic mass is 16.7. The van der Waals surface area contributed by atoms with Gasteiger partial charge in [0.2, 0.25) is 0 Å². The summed E-state index contributed by atoms with van der Waals surface area (Å²) in [5.74, 6) is -2.31. The molecule has 0 amide bonds. The van der Waals surface area contributed by atoms with E-state index in [-0.39, 0.29) is 38.6 Å². The average molecular weight is 844 g/mol. The number of aliphatic carboxylic acids is 1. The van der Waals surface area contributed by atoms with Crippen molar-refractivity contribution in [2.75, 3.05) is 47.5 Å². The number of ether oxygens (including phenoxy) is 4. The number of carboxylic acids is 1. The largest absolute Gasteiger partial charge is 0.545 e. The fraction of sp³-hybridized carbons (Fsp3) is 0.745. The smallest absolute Gasteiger partial charge is 0.306 e. The van der Waals surface area contributed by atoms with Gasteiger partial charge < -0.3 is 33.3 Å². The van der Waals surface area contributed by atoms with E-state index in [9.17, 15) is 19.5 Å². The molecule has 0 aliphatic rings. The van der Waals surface area contributed by atoms with Crippen molar-refractivity contribution in [2.45, 2.75) is 200 Å². The number of esters is 2. The van der Waals surface area contributed by atoms with Crippen molar-refractivity contribution in [3.63, 3.8) is 0 Å². The summed E-state index contributed by atoms with van der Waals surface area (Å²) in [6.07, 6.45) is 48.2. The number of hydrogen-bond acceptors (Lipinski definition) is 8. The molecular formula is C51H89NO8. The van der Waals surface area contributed by atoms with Crippen molar-refractivity contribution in [3.8, 4) is 0 Å². The van der Waals surface area contributed by atoms with E-state index in [2.05, 4.69) is 74.6 Å². The molecule has 0 aliphatic carbocycles. The van der Waals surface area contributed by atoms with Crippen molar-refractivity contribution in [3.05, 3.63) is 60.8 Å². The second-order valence-corrected chi connectivity index (χ2v) is 17.0. The van der Waals surface area contributed by atoms with Gasteiger partial charge in [0.1, 0.15) is 13.2 Å². The summed E-state index contributed by atoms with van der Waals surface area (Å²) in [4.78, 5) is 37.0. The first kappa shape index (κ1) is 57.0. The molecule has 0 saturated heterocycles. The highest BCUT2D eigenvalue weighted by Gasteiger charge is 2.21. The molecule has 0 bridgehead atoms. The Balaban J connectivity index is 4.43. The van der Waals surface area contributed by atoms with Gasteiger partial charge in [-0.25, -0.2) is 0 Å². The third-order valence-corrected chi connectivity index (χ3v) is 10.0. The topological polar surface area (TPSA) is 111 Å². The zero-order valence-corrected chi connectivity index (χ0v) is 39.1. The summed E-state index contributed by atoms with van der Waals surface area (Å²) in [6.45, 7) is 4.60. The molecule has 2 unspecified atom stereocenters.